The van der Waals surface area contributed by atoms with Crippen LogP contribution in [0.5, 0.6) is 0 Å². The minimum absolute atomic E-state index is 0.341. The SMILES string of the molecule is C[N+](C)(CCCN(CCC(=O)O)S(=O)(=O)C(F)(F)C(F)(F)C(F)(F)C(F)(F)C(F)(F)C(F)(F)C(F)(F)C(F)(F)F)CCC(=O)[O-]. The molecule has 0 atom stereocenters. The molecule has 0 heterocycles. The first-order chi connectivity index (χ1) is 19.4. The van der Waals surface area contributed by atoms with Gasteiger partial charge in [0.2, 0.25) is 0 Å². The van der Waals surface area contributed by atoms with E-state index in [0.717, 1.165) is 0 Å². The monoisotopic (exact) mass is 728 g/mol. The van der Waals surface area contributed by atoms with Crippen molar-refractivity contribution in [2.45, 2.75) is 66.2 Å². The third-order valence-corrected chi connectivity index (χ3v) is 7.97. The summed E-state index contributed by atoms with van der Waals surface area (Å²) in [6.45, 7) is -4.28. The molecule has 0 aromatic carbocycles. The van der Waals surface area contributed by atoms with Crippen LogP contribution in [-0.4, -0.2) is 121 Å². The Kier molecular flexibility index (Phi) is 12.0. The fourth-order valence-corrected chi connectivity index (χ4v) is 4.70. The first-order valence-corrected chi connectivity index (χ1v) is 12.8. The zero-order valence-electron chi connectivity index (χ0n) is 22.2. The number of carbonyl (C=O) groups is 2. The largest absolute Gasteiger partial charge is 0.550 e. The van der Waals surface area contributed by atoms with Gasteiger partial charge in [0.25, 0.3) is 10.0 Å². The van der Waals surface area contributed by atoms with Crippen molar-refractivity contribution in [2.75, 3.05) is 40.3 Å². The molecular formula is C19H21F17N2O6S. The van der Waals surface area contributed by atoms with E-state index in [1.165, 1.54) is 14.1 Å². The van der Waals surface area contributed by atoms with E-state index in [4.69, 9.17) is 5.11 Å². The van der Waals surface area contributed by atoms with Crippen molar-refractivity contribution in [3.63, 3.8) is 0 Å². The number of hydrogen-bond donors (Lipinski definition) is 1. The smallest absolute Gasteiger partial charge is 0.460 e. The third-order valence-electron chi connectivity index (χ3n) is 6.02. The summed E-state index contributed by atoms with van der Waals surface area (Å²) in [6.07, 6.45) is -11.1. The maximum Gasteiger partial charge on any atom is 0.460 e. The Morgan fingerprint density at radius 1 is 0.644 bits per heavy atom. The van der Waals surface area contributed by atoms with Gasteiger partial charge in [-0.3, -0.25) is 4.79 Å². The van der Waals surface area contributed by atoms with Gasteiger partial charge >= 0.3 is 52.9 Å². The number of hydrogen-bond acceptors (Lipinski definition) is 5. The van der Waals surface area contributed by atoms with Gasteiger partial charge in [0.15, 0.2) is 0 Å². The molecule has 0 radical (unpaired) electrons. The zero-order valence-corrected chi connectivity index (χ0v) is 23.0. The van der Waals surface area contributed by atoms with Gasteiger partial charge in [0.1, 0.15) is 0 Å². The van der Waals surface area contributed by atoms with E-state index in [2.05, 4.69) is 0 Å². The Hall–Kier alpha value is -2.38. The van der Waals surface area contributed by atoms with Crippen LogP contribution in [0.2, 0.25) is 0 Å². The van der Waals surface area contributed by atoms with Crippen molar-refractivity contribution in [1.82, 2.24) is 4.31 Å². The van der Waals surface area contributed by atoms with Crippen molar-refractivity contribution in [2.24, 2.45) is 0 Å². The number of halogens is 17. The van der Waals surface area contributed by atoms with Crippen molar-refractivity contribution in [3.8, 4) is 0 Å². The van der Waals surface area contributed by atoms with E-state index in [-0.39, 0.29) is 6.54 Å². The molecule has 8 nitrogen and oxygen atoms in total. The number of carboxylic acids is 2. The molecule has 45 heavy (non-hydrogen) atoms. The van der Waals surface area contributed by atoms with Gasteiger partial charge in [0.05, 0.1) is 33.6 Å². The van der Waals surface area contributed by atoms with Gasteiger partial charge in [0, 0.05) is 31.9 Å². The summed E-state index contributed by atoms with van der Waals surface area (Å²) in [6, 6.07) is 0. The maximum atomic E-state index is 14.6. The first kappa shape index (κ1) is 42.6. The summed E-state index contributed by atoms with van der Waals surface area (Å²) in [7, 11) is -5.28. The molecule has 0 fully saturated rings. The molecule has 0 aliphatic carbocycles. The zero-order chi connectivity index (χ0) is 36.7. The summed E-state index contributed by atoms with van der Waals surface area (Å²) in [4.78, 5) is 21.3. The highest BCUT2D eigenvalue weighted by Crippen LogP contribution is 2.64. The second kappa shape index (κ2) is 12.7. The van der Waals surface area contributed by atoms with Crippen LogP contribution in [0.1, 0.15) is 19.3 Å². The van der Waals surface area contributed by atoms with Crippen LogP contribution in [0.15, 0.2) is 0 Å². The van der Waals surface area contributed by atoms with E-state index in [0.29, 0.717) is 0 Å². The molecule has 0 aromatic rings. The van der Waals surface area contributed by atoms with Gasteiger partial charge in [-0.15, -0.1) is 0 Å². The topological polar surface area (TPSA) is 115 Å². The van der Waals surface area contributed by atoms with Crippen LogP contribution in [0.25, 0.3) is 0 Å². The van der Waals surface area contributed by atoms with E-state index >= 15 is 0 Å². The summed E-state index contributed by atoms with van der Waals surface area (Å²) in [5, 5.41) is 11.4. The summed E-state index contributed by atoms with van der Waals surface area (Å²) < 4.78 is 253. The number of quaternary nitrogens is 1. The number of carboxylic acid groups (broad SMARTS) is 2. The fraction of sp³-hybridized carbons (Fsp3) is 0.895. The molecule has 1 N–H and O–H groups in total. The van der Waals surface area contributed by atoms with Crippen LogP contribution in [0.4, 0.5) is 74.6 Å². The summed E-state index contributed by atoms with van der Waals surface area (Å²) in [5.41, 5.74) is 0. The van der Waals surface area contributed by atoms with Gasteiger partial charge in [-0.25, -0.2) is 8.42 Å². The molecule has 268 valence electrons. The lowest BCUT2D eigenvalue weighted by Crippen LogP contribution is -2.75. The molecule has 0 amide bonds. The lowest BCUT2D eigenvalue weighted by atomic mass is 9.91. The summed E-state index contributed by atoms with van der Waals surface area (Å²) in [5.74, 6) is -56.2. The minimum Gasteiger partial charge on any atom is -0.550 e. The average molecular weight is 728 g/mol. The van der Waals surface area contributed by atoms with E-state index in [9.17, 15) is 97.8 Å². The molecule has 0 spiro atoms. The van der Waals surface area contributed by atoms with Crippen LogP contribution in [-0.2, 0) is 19.6 Å². The predicted molar refractivity (Wildman–Crippen MR) is 110 cm³/mol. The minimum atomic E-state index is -8.99. The lowest BCUT2D eigenvalue weighted by Gasteiger charge is -2.43. The molecule has 0 aliphatic rings. The normalized spacial score (nSPS) is 15.5. The van der Waals surface area contributed by atoms with Gasteiger partial charge in [-0.05, 0) is 0 Å². The molecule has 0 saturated heterocycles. The van der Waals surface area contributed by atoms with Crippen molar-refractivity contribution in [3.05, 3.63) is 0 Å². The molecule has 0 bridgehead atoms. The molecular weight excluding hydrogens is 707 g/mol. The molecule has 0 unspecified atom stereocenters. The van der Waals surface area contributed by atoms with Crippen LogP contribution >= 0.6 is 0 Å². The van der Waals surface area contributed by atoms with Gasteiger partial charge in [-0.2, -0.15) is 78.9 Å². The number of sulfonamides is 1. The molecule has 0 aliphatic heterocycles. The quantitative estimate of drug-likeness (QED) is 0.170. The predicted octanol–water partition coefficient (Wildman–Crippen LogP) is 3.67. The van der Waals surface area contributed by atoms with Gasteiger partial charge < -0.3 is 19.5 Å². The highest BCUT2D eigenvalue weighted by molar-refractivity contribution is 7.90. The fourth-order valence-electron chi connectivity index (χ4n) is 3.23. The molecule has 0 saturated carbocycles. The third kappa shape index (κ3) is 7.45. The Bertz CT molecular complexity index is 1190. The highest BCUT2D eigenvalue weighted by Gasteiger charge is 2.96. The van der Waals surface area contributed by atoms with E-state index in [1.807, 2.05) is 0 Å². The Morgan fingerprint density at radius 2 is 1.02 bits per heavy atom. The van der Waals surface area contributed by atoms with Crippen LogP contribution in [0, 0.1) is 0 Å². The van der Waals surface area contributed by atoms with E-state index < -0.39 is 117 Å². The standard InChI is InChI=1S/C19H21F17N2O6S/c1-38(2,9-5-11(41)42)8-3-6-37(7-4-10(39)40)45(43,44)19(35,36)17(30,31)15(26,27)13(22,23)12(20,21)14(24,25)16(28,29)18(32,33)34/h3-9H2,1-2H3,(H-,39,40,41,42). The van der Waals surface area contributed by atoms with Crippen LogP contribution < -0.4 is 5.11 Å². The second-order valence-corrected chi connectivity index (χ2v) is 11.8. The Balaban J connectivity index is 6.87. The van der Waals surface area contributed by atoms with Crippen molar-refractivity contribution in [1.29, 1.82) is 0 Å². The summed E-state index contributed by atoms with van der Waals surface area (Å²) >= 11 is 0. The number of aliphatic carboxylic acids is 2. The van der Waals surface area contributed by atoms with Crippen molar-refractivity contribution >= 4 is 22.0 Å². The van der Waals surface area contributed by atoms with Crippen molar-refractivity contribution < 1.29 is 107 Å². The molecule has 0 aromatic heterocycles. The Labute approximate surface area is 241 Å². The first-order valence-electron chi connectivity index (χ1n) is 11.4. The van der Waals surface area contributed by atoms with Crippen LogP contribution in [0.3, 0.4) is 0 Å². The van der Waals surface area contributed by atoms with E-state index in [1.54, 1.807) is 0 Å². The Morgan fingerprint density at radius 3 is 1.38 bits per heavy atom. The number of alkyl halides is 17. The lowest BCUT2D eigenvalue weighted by molar-refractivity contribution is -0.890. The maximum absolute atomic E-state index is 14.6. The molecule has 0 rings (SSSR count). The average Bonchev–Trinajstić information content (AvgIpc) is 2.82. The van der Waals surface area contributed by atoms with Gasteiger partial charge in [-0.1, -0.05) is 0 Å². The second-order valence-electron chi connectivity index (χ2n) is 9.87. The highest BCUT2D eigenvalue weighted by atomic mass is 32.2. The molecule has 26 heteroatoms. The number of carbonyl (C=O) groups excluding carboxylic acids is 1. The number of rotatable bonds is 18. The number of nitrogens with zero attached hydrogens (tertiary/aromatic N) is 2.